The van der Waals surface area contributed by atoms with E-state index in [1.165, 1.54) is 0 Å². The molecule has 1 unspecified atom stereocenters. The Morgan fingerprint density at radius 2 is 1.86 bits per heavy atom. The van der Waals surface area contributed by atoms with Crippen LogP contribution in [0.2, 0.25) is 0 Å². The van der Waals surface area contributed by atoms with Gasteiger partial charge in [0.05, 0.1) is 5.69 Å². The smallest absolute Gasteiger partial charge is 0.197 e. The first kappa shape index (κ1) is 9.48. The number of aromatic nitrogens is 2. The van der Waals surface area contributed by atoms with Crippen LogP contribution < -0.4 is 17.2 Å². The first-order valence-electron chi connectivity index (χ1n) is 4.98. The topological polar surface area (TPSA) is 107 Å². The van der Waals surface area contributed by atoms with E-state index in [0.29, 0.717) is 30.9 Å². The molecule has 0 spiro atoms. The molecule has 1 heterocycles. The van der Waals surface area contributed by atoms with Gasteiger partial charge in [-0.1, -0.05) is 0 Å². The van der Waals surface area contributed by atoms with E-state index >= 15 is 0 Å². The maximum atomic E-state index is 5.71. The maximum absolute atomic E-state index is 5.71. The zero-order valence-corrected chi connectivity index (χ0v) is 8.16. The van der Waals surface area contributed by atoms with Crippen LogP contribution in [0.5, 0.6) is 0 Å². The highest BCUT2D eigenvalue weighted by atomic mass is 15.0. The van der Waals surface area contributed by atoms with Gasteiger partial charge in [0.25, 0.3) is 0 Å². The van der Waals surface area contributed by atoms with Gasteiger partial charge >= 0.3 is 0 Å². The van der Waals surface area contributed by atoms with E-state index in [9.17, 15) is 0 Å². The SMILES string of the molecule is NCC1Cc2nc(N)[nH]c2C[C@H]1CN. The van der Waals surface area contributed by atoms with Crippen LogP contribution in [0.1, 0.15) is 11.4 Å². The Labute approximate surface area is 83.1 Å². The molecule has 2 atom stereocenters. The number of rotatable bonds is 2. The molecule has 0 aromatic carbocycles. The van der Waals surface area contributed by atoms with Crippen molar-refractivity contribution in [2.45, 2.75) is 12.8 Å². The fraction of sp³-hybridized carbons (Fsp3) is 0.667. The van der Waals surface area contributed by atoms with Crippen molar-refractivity contribution in [3.8, 4) is 0 Å². The van der Waals surface area contributed by atoms with E-state index in [2.05, 4.69) is 9.97 Å². The van der Waals surface area contributed by atoms with Crippen LogP contribution in [0.25, 0.3) is 0 Å². The Morgan fingerprint density at radius 3 is 2.50 bits per heavy atom. The van der Waals surface area contributed by atoms with Gasteiger partial charge in [-0.3, -0.25) is 0 Å². The van der Waals surface area contributed by atoms with E-state index in [1.54, 1.807) is 0 Å². The third-order valence-corrected chi connectivity index (χ3v) is 3.08. The highest BCUT2D eigenvalue weighted by Gasteiger charge is 2.28. The summed E-state index contributed by atoms with van der Waals surface area (Å²) >= 11 is 0. The summed E-state index contributed by atoms with van der Waals surface area (Å²) < 4.78 is 0. The minimum atomic E-state index is 0.454. The number of nitrogen functional groups attached to an aromatic ring is 1. The van der Waals surface area contributed by atoms with Crippen molar-refractivity contribution < 1.29 is 0 Å². The third-order valence-electron chi connectivity index (χ3n) is 3.08. The molecule has 1 aromatic rings. The fourth-order valence-corrected chi connectivity index (χ4v) is 2.20. The van der Waals surface area contributed by atoms with Gasteiger partial charge in [0.2, 0.25) is 0 Å². The van der Waals surface area contributed by atoms with E-state index in [0.717, 1.165) is 24.2 Å². The van der Waals surface area contributed by atoms with E-state index in [4.69, 9.17) is 17.2 Å². The lowest BCUT2D eigenvalue weighted by molar-refractivity contribution is 0.318. The Balaban J connectivity index is 2.24. The molecule has 14 heavy (non-hydrogen) atoms. The Bertz CT molecular complexity index is 290. The van der Waals surface area contributed by atoms with Crippen molar-refractivity contribution in [3.63, 3.8) is 0 Å². The molecule has 5 heteroatoms. The monoisotopic (exact) mass is 195 g/mol. The lowest BCUT2D eigenvalue weighted by atomic mass is 9.80. The summed E-state index contributed by atoms with van der Waals surface area (Å²) in [5.41, 5.74) is 19.2. The summed E-state index contributed by atoms with van der Waals surface area (Å²) in [5.74, 6) is 1.42. The molecule has 7 N–H and O–H groups in total. The number of aromatic amines is 1. The summed E-state index contributed by atoms with van der Waals surface area (Å²) in [6, 6.07) is 0. The van der Waals surface area contributed by atoms with Gasteiger partial charge in [0, 0.05) is 5.69 Å². The highest BCUT2D eigenvalue weighted by molar-refractivity contribution is 5.28. The quantitative estimate of drug-likeness (QED) is 0.497. The molecule has 0 amide bonds. The van der Waals surface area contributed by atoms with Gasteiger partial charge in [-0.25, -0.2) is 4.98 Å². The fourth-order valence-electron chi connectivity index (χ4n) is 2.20. The van der Waals surface area contributed by atoms with Crippen LogP contribution in [0.4, 0.5) is 5.95 Å². The average Bonchev–Trinajstić information content (AvgIpc) is 2.54. The highest BCUT2D eigenvalue weighted by Crippen LogP contribution is 2.28. The van der Waals surface area contributed by atoms with Crippen LogP contribution in [0, 0.1) is 11.8 Å². The molecule has 5 nitrogen and oxygen atoms in total. The minimum Gasteiger partial charge on any atom is -0.369 e. The number of nitrogens with zero attached hydrogens (tertiary/aromatic N) is 1. The molecule has 0 saturated heterocycles. The summed E-state index contributed by atoms with van der Waals surface area (Å²) in [7, 11) is 0. The number of nitrogens with one attached hydrogen (secondary N) is 1. The van der Waals surface area contributed by atoms with Crippen LogP contribution in [0.15, 0.2) is 0 Å². The second-order valence-corrected chi connectivity index (χ2v) is 3.95. The number of nitrogens with two attached hydrogens (primary N) is 3. The first-order chi connectivity index (χ1) is 6.74. The van der Waals surface area contributed by atoms with Crippen LogP contribution >= 0.6 is 0 Å². The van der Waals surface area contributed by atoms with Crippen molar-refractivity contribution in [1.29, 1.82) is 0 Å². The normalized spacial score (nSPS) is 26.1. The standard InChI is InChI=1S/C9H17N5/c10-3-5-1-7-8(2-6(5)4-11)14-9(12)13-7/h5-6H,1-4,10-11H2,(H3,12,13,14)/t5-,6?/m0/s1. The molecular weight excluding hydrogens is 178 g/mol. The van der Waals surface area contributed by atoms with Crippen LogP contribution in [-0.2, 0) is 12.8 Å². The summed E-state index contributed by atoms with van der Waals surface area (Å²) in [4.78, 5) is 7.32. The van der Waals surface area contributed by atoms with Gasteiger partial charge in [-0.05, 0) is 37.8 Å². The van der Waals surface area contributed by atoms with E-state index in [1.807, 2.05) is 0 Å². The lowest BCUT2D eigenvalue weighted by Gasteiger charge is -2.28. The second kappa shape index (κ2) is 3.59. The summed E-state index contributed by atoms with van der Waals surface area (Å²) in [6.45, 7) is 1.36. The average molecular weight is 195 g/mol. The van der Waals surface area contributed by atoms with Gasteiger partial charge in [0.1, 0.15) is 0 Å². The molecule has 0 radical (unpaired) electrons. The third kappa shape index (κ3) is 1.49. The second-order valence-electron chi connectivity index (χ2n) is 3.95. The van der Waals surface area contributed by atoms with Gasteiger partial charge in [-0.15, -0.1) is 0 Å². The number of imidazole rings is 1. The van der Waals surface area contributed by atoms with Gasteiger partial charge in [-0.2, -0.15) is 0 Å². The molecular formula is C9H17N5. The molecule has 78 valence electrons. The van der Waals surface area contributed by atoms with E-state index < -0.39 is 0 Å². The zero-order valence-electron chi connectivity index (χ0n) is 8.16. The summed E-state index contributed by atoms with van der Waals surface area (Å²) in [6.07, 6.45) is 1.83. The van der Waals surface area contributed by atoms with Crippen molar-refractivity contribution in [1.82, 2.24) is 9.97 Å². The van der Waals surface area contributed by atoms with Crippen LogP contribution in [0.3, 0.4) is 0 Å². The number of hydrogen-bond donors (Lipinski definition) is 4. The lowest BCUT2D eigenvalue weighted by Crippen LogP contribution is -2.35. The Hall–Kier alpha value is -1.07. The van der Waals surface area contributed by atoms with Crippen molar-refractivity contribution in [2.24, 2.45) is 23.3 Å². The maximum Gasteiger partial charge on any atom is 0.197 e. The molecule has 0 aliphatic heterocycles. The summed E-state index contributed by atoms with van der Waals surface area (Å²) in [5, 5.41) is 0. The molecule has 0 bridgehead atoms. The van der Waals surface area contributed by atoms with Gasteiger partial charge in [0.15, 0.2) is 5.95 Å². The first-order valence-corrected chi connectivity index (χ1v) is 4.98. The number of H-pyrrole nitrogens is 1. The largest absolute Gasteiger partial charge is 0.369 e. The Kier molecular flexibility index (Phi) is 2.43. The number of hydrogen-bond acceptors (Lipinski definition) is 4. The van der Waals surface area contributed by atoms with Crippen molar-refractivity contribution >= 4 is 5.95 Å². The van der Waals surface area contributed by atoms with Gasteiger partial charge < -0.3 is 22.2 Å². The number of fused-ring (bicyclic) bond motifs is 1. The minimum absolute atomic E-state index is 0.454. The van der Waals surface area contributed by atoms with Crippen molar-refractivity contribution in [3.05, 3.63) is 11.4 Å². The predicted molar refractivity (Wildman–Crippen MR) is 55.5 cm³/mol. The molecule has 1 aliphatic rings. The van der Waals surface area contributed by atoms with E-state index in [-0.39, 0.29) is 0 Å². The molecule has 2 rings (SSSR count). The predicted octanol–water partition coefficient (Wildman–Crippen LogP) is -0.760. The zero-order chi connectivity index (χ0) is 10.1. The molecule has 0 fully saturated rings. The van der Waals surface area contributed by atoms with Crippen molar-refractivity contribution in [2.75, 3.05) is 18.8 Å². The molecule has 1 aromatic heterocycles. The Morgan fingerprint density at radius 1 is 1.21 bits per heavy atom. The number of anilines is 1. The van der Waals surface area contributed by atoms with Crippen LogP contribution in [-0.4, -0.2) is 23.1 Å². The molecule has 1 aliphatic carbocycles. The molecule has 0 saturated carbocycles.